The van der Waals surface area contributed by atoms with Crippen molar-refractivity contribution < 1.29 is 14.0 Å². The van der Waals surface area contributed by atoms with Crippen LogP contribution >= 0.6 is 39.9 Å². The largest absolute Gasteiger partial charge is 0.273 e. The van der Waals surface area contributed by atoms with Gasteiger partial charge in [-0.3, -0.25) is 9.59 Å². The van der Waals surface area contributed by atoms with Gasteiger partial charge in [0.05, 0.1) is 10.5 Å². The number of hydrogen-bond acceptors (Lipinski definition) is 4. The molecular weight excluding hydrogens is 413 g/mol. The third-order valence-corrected chi connectivity index (χ3v) is 5.10. The molecule has 1 saturated heterocycles. The van der Waals surface area contributed by atoms with Gasteiger partial charge in [-0.25, -0.2) is 9.29 Å². The first-order valence-corrected chi connectivity index (χ1v) is 8.81. The molecule has 2 aromatic carbocycles. The molecule has 1 fully saturated rings. The quantitative estimate of drug-likeness (QED) is 0.402. The summed E-state index contributed by atoms with van der Waals surface area (Å²) in [5.41, 5.74) is 0.621. The maximum atomic E-state index is 13.8. The van der Waals surface area contributed by atoms with Crippen molar-refractivity contribution in [2.45, 2.75) is 0 Å². The fourth-order valence-electron chi connectivity index (χ4n) is 2.11. The number of benzene rings is 2. The zero-order valence-electron chi connectivity index (χ0n) is 12.0. The van der Waals surface area contributed by atoms with Crippen LogP contribution in [0.2, 0.25) is 0 Å². The Labute approximate surface area is 155 Å². The number of amides is 2. The van der Waals surface area contributed by atoms with Crippen molar-refractivity contribution in [1.29, 1.82) is 0 Å². The van der Waals surface area contributed by atoms with Crippen LogP contribution < -0.4 is 0 Å². The van der Waals surface area contributed by atoms with Crippen LogP contribution in [0.1, 0.15) is 15.9 Å². The summed E-state index contributed by atoms with van der Waals surface area (Å²) in [5, 5.41) is 0. The number of halogens is 2. The highest BCUT2D eigenvalue weighted by molar-refractivity contribution is 9.10. The molecule has 7 heteroatoms. The SMILES string of the molecule is O=C1C(=Cc2ccc(Br)cc2)SC(=S)N1C(=O)c1ccccc1F. The predicted molar refractivity (Wildman–Crippen MR) is 99.9 cm³/mol. The summed E-state index contributed by atoms with van der Waals surface area (Å²) in [4.78, 5) is 26.1. The molecule has 0 spiro atoms. The molecule has 3 rings (SSSR count). The topological polar surface area (TPSA) is 37.4 Å². The van der Waals surface area contributed by atoms with Crippen molar-refractivity contribution in [2.75, 3.05) is 0 Å². The van der Waals surface area contributed by atoms with Crippen molar-refractivity contribution in [3.63, 3.8) is 0 Å². The van der Waals surface area contributed by atoms with Gasteiger partial charge in [-0.15, -0.1) is 0 Å². The Hall–Kier alpha value is -1.83. The zero-order valence-corrected chi connectivity index (χ0v) is 15.3. The number of imide groups is 1. The van der Waals surface area contributed by atoms with E-state index in [4.69, 9.17) is 12.2 Å². The Kier molecular flexibility index (Phi) is 4.93. The van der Waals surface area contributed by atoms with Crippen molar-refractivity contribution in [3.8, 4) is 0 Å². The second-order valence-corrected chi connectivity index (χ2v) is 7.45. The van der Waals surface area contributed by atoms with Crippen molar-refractivity contribution in [1.82, 2.24) is 4.90 Å². The van der Waals surface area contributed by atoms with Gasteiger partial charge in [0.15, 0.2) is 4.32 Å². The van der Waals surface area contributed by atoms with E-state index in [1.54, 1.807) is 6.08 Å². The monoisotopic (exact) mass is 421 g/mol. The van der Waals surface area contributed by atoms with Crippen LogP contribution in [0.15, 0.2) is 57.9 Å². The lowest BCUT2D eigenvalue weighted by Crippen LogP contribution is -2.35. The number of thiocarbonyl (C=S) groups is 1. The fourth-order valence-corrected chi connectivity index (χ4v) is 3.63. The number of thioether (sulfide) groups is 1. The molecule has 120 valence electrons. The molecular formula is C17H9BrFNO2S2. The highest BCUT2D eigenvalue weighted by Crippen LogP contribution is 2.34. The van der Waals surface area contributed by atoms with Gasteiger partial charge in [-0.1, -0.05) is 64.2 Å². The number of hydrogen-bond donors (Lipinski definition) is 0. The zero-order chi connectivity index (χ0) is 17.3. The molecule has 2 aromatic rings. The second kappa shape index (κ2) is 6.96. The van der Waals surface area contributed by atoms with E-state index in [0.29, 0.717) is 4.91 Å². The third-order valence-electron chi connectivity index (χ3n) is 3.27. The van der Waals surface area contributed by atoms with Crippen molar-refractivity contribution in [3.05, 3.63) is 74.9 Å². The first kappa shape index (κ1) is 17.0. The first-order valence-electron chi connectivity index (χ1n) is 6.80. The van der Waals surface area contributed by atoms with E-state index >= 15 is 0 Å². The minimum Gasteiger partial charge on any atom is -0.268 e. The summed E-state index contributed by atoms with van der Waals surface area (Å²) < 4.78 is 14.8. The molecule has 2 amide bonds. The Bertz CT molecular complexity index is 880. The normalized spacial score (nSPS) is 16.1. The molecule has 3 nitrogen and oxygen atoms in total. The minimum atomic E-state index is -0.755. The third kappa shape index (κ3) is 3.33. The van der Waals surface area contributed by atoms with Gasteiger partial charge in [-0.2, -0.15) is 0 Å². The smallest absolute Gasteiger partial charge is 0.268 e. The van der Waals surface area contributed by atoms with Crippen LogP contribution in [-0.2, 0) is 4.79 Å². The van der Waals surface area contributed by atoms with E-state index < -0.39 is 17.6 Å². The van der Waals surface area contributed by atoms with Crippen LogP contribution in [0.25, 0.3) is 6.08 Å². The number of carbonyl (C=O) groups excluding carboxylic acids is 2. The lowest BCUT2D eigenvalue weighted by Gasteiger charge is -2.12. The summed E-state index contributed by atoms with van der Waals surface area (Å²) in [6.45, 7) is 0. The fraction of sp³-hybridized carbons (Fsp3) is 0. The summed E-state index contributed by atoms with van der Waals surface area (Å²) in [6.07, 6.45) is 1.65. The predicted octanol–water partition coefficient (Wildman–Crippen LogP) is 4.63. The second-order valence-electron chi connectivity index (χ2n) is 4.85. The summed E-state index contributed by atoms with van der Waals surface area (Å²) in [6, 6.07) is 12.9. The highest BCUT2D eigenvalue weighted by atomic mass is 79.9. The molecule has 1 aliphatic rings. The molecule has 0 aromatic heterocycles. The molecule has 1 aliphatic heterocycles. The van der Waals surface area contributed by atoms with Gasteiger partial charge in [0.1, 0.15) is 5.82 Å². The summed E-state index contributed by atoms with van der Waals surface area (Å²) in [7, 11) is 0. The first-order chi connectivity index (χ1) is 11.5. The Morgan fingerprint density at radius 3 is 2.50 bits per heavy atom. The molecule has 0 radical (unpaired) electrons. The molecule has 0 aliphatic carbocycles. The van der Waals surface area contributed by atoms with Gasteiger partial charge in [0, 0.05) is 4.47 Å². The van der Waals surface area contributed by atoms with Gasteiger partial charge < -0.3 is 0 Å². The highest BCUT2D eigenvalue weighted by Gasteiger charge is 2.38. The molecule has 24 heavy (non-hydrogen) atoms. The van der Waals surface area contributed by atoms with Crippen LogP contribution in [0.4, 0.5) is 4.39 Å². The maximum Gasteiger partial charge on any atom is 0.273 e. The van der Waals surface area contributed by atoms with Crippen LogP contribution in [-0.4, -0.2) is 21.0 Å². The van der Waals surface area contributed by atoms with Gasteiger partial charge >= 0.3 is 0 Å². The van der Waals surface area contributed by atoms with E-state index in [1.165, 1.54) is 24.3 Å². The van der Waals surface area contributed by atoms with Gasteiger partial charge in [-0.05, 0) is 35.9 Å². The number of carbonyl (C=O) groups is 2. The molecule has 0 unspecified atom stereocenters. The Morgan fingerprint density at radius 2 is 1.83 bits per heavy atom. The van der Waals surface area contributed by atoms with Crippen molar-refractivity contribution in [2.24, 2.45) is 0 Å². The average molecular weight is 422 g/mol. The van der Waals surface area contributed by atoms with Crippen LogP contribution in [0.5, 0.6) is 0 Å². The average Bonchev–Trinajstić information content (AvgIpc) is 2.83. The van der Waals surface area contributed by atoms with E-state index in [1.807, 2.05) is 24.3 Å². The van der Waals surface area contributed by atoms with E-state index in [2.05, 4.69) is 15.9 Å². The van der Waals surface area contributed by atoms with E-state index in [-0.39, 0.29) is 9.88 Å². The maximum absolute atomic E-state index is 13.8. The summed E-state index contributed by atoms with van der Waals surface area (Å²) in [5.74, 6) is -1.98. The molecule has 1 heterocycles. The lowest BCUT2D eigenvalue weighted by molar-refractivity contribution is -0.120. The summed E-state index contributed by atoms with van der Waals surface area (Å²) >= 11 is 9.49. The van der Waals surface area contributed by atoms with E-state index in [9.17, 15) is 14.0 Å². The molecule has 0 atom stereocenters. The number of rotatable bonds is 2. The van der Waals surface area contributed by atoms with Gasteiger partial charge in [0.2, 0.25) is 0 Å². The minimum absolute atomic E-state index is 0.0941. The van der Waals surface area contributed by atoms with E-state index in [0.717, 1.165) is 26.7 Å². The molecule has 0 N–H and O–H groups in total. The molecule has 0 saturated carbocycles. The van der Waals surface area contributed by atoms with Gasteiger partial charge in [0.25, 0.3) is 11.8 Å². The van der Waals surface area contributed by atoms with Crippen LogP contribution in [0, 0.1) is 5.82 Å². The Balaban J connectivity index is 1.91. The van der Waals surface area contributed by atoms with Crippen LogP contribution in [0.3, 0.4) is 0 Å². The Morgan fingerprint density at radius 1 is 1.17 bits per heavy atom. The van der Waals surface area contributed by atoms with Crippen molar-refractivity contribution >= 4 is 62.1 Å². The lowest BCUT2D eigenvalue weighted by atomic mass is 10.2. The number of nitrogens with zero attached hydrogens (tertiary/aromatic N) is 1. The standard InChI is InChI=1S/C17H9BrFNO2S2/c18-11-7-5-10(6-8-11)9-14-16(22)20(17(23)24-14)15(21)12-3-1-2-4-13(12)19/h1-9H. The molecule has 0 bridgehead atoms.